The number of hydrogen-bond donors (Lipinski definition) is 2. The smallest absolute Gasteiger partial charge is 0.338 e. The summed E-state index contributed by atoms with van der Waals surface area (Å²) in [7, 11) is 1.56. The van der Waals surface area contributed by atoms with Gasteiger partial charge < -0.3 is 20.1 Å². The monoisotopic (exact) mass is 354 g/mol. The summed E-state index contributed by atoms with van der Waals surface area (Å²) in [6.45, 7) is 5.39. The van der Waals surface area contributed by atoms with Crippen LogP contribution in [0.5, 0.6) is 5.75 Å². The van der Waals surface area contributed by atoms with Gasteiger partial charge in [0.15, 0.2) is 5.11 Å². The third-order valence-corrected chi connectivity index (χ3v) is 3.79. The Labute approximate surface area is 146 Å². The average Bonchev–Trinajstić information content (AvgIpc) is 2.45. The maximum atomic E-state index is 12.5. The number of methoxy groups -OCH3 is 1. The summed E-state index contributed by atoms with van der Waals surface area (Å²) in [6, 6.07) is 4.74. The number of allylic oxidation sites excluding steroid dienone is 1. The number of carbonyl (C=O) groups excluding carboxylic acids is 1. The first kappa shape index (κ1) is 17.6. The minimum Gasteiger partial charge on any atom is -0.496 e. The number of hydrogen-bond acceptors (Lipinski definition) is 4. The van der Waals surface area contributed by atoms with Gasteiger partial charge in [0.05, 0.1) is 24.8 Å². The van der Waals surface area contributed by atoms with Gasteiger partial charge in [0, 0.05) is 16.3 Å². The van der Waals surface area contributed by atoms with Crippen LogP contribution >= 0.6 is 23.8 Å². The van der Waals surface area contributed by atoms with E-state index >= 15 is 0 Å². The first-order valence-electron chi connectivity index (χ1n) is 7.16. The average molecular weight is 355 g/mol. The zero-order valence-corrected chi connectivity index (χ0v) is 15.0. The summed E-state index contributed by atoms with van der Waals surface area (Å²) < 4.78 is 10.8. The highest BCUT2D eigenvalue weighted by molar-refractivity contribution is 7.80. The van der Waals surface area contributed by atoms with Gasteiger partial charge in [-0.25, -0.2) is 4.79 Å². The molecule has 0 spiro atoms. The molecule has 0 amide bonds. The van der Waals surface area contributed by atoms with Crippen molar-refractivity contribution in [2.45, 2.75) is 32.9 Å². The van der Waals surface area contributed by atoms with Gasteiger partial charge in [-0.2, -0.15) is 0 Å². The Morgan fingerprint density at radius 2 is 2.09 bits per heavy atom. The Bertz CT molecular complexity index is 673. The quantitative estimate of drug-likeness (QED) is 0.640. The number of rotatable bonds is 4. The maximum absolute atomic E-state index is 12.5. The van der Waals surface area contributed by atoms with Crippen molar-refractivity contribution in [1.82, 2.24) is 10.6 Å². The zero-order chi connectivity index (χ0) is 17.1. The lowest BCUT2D eigenvalue weighted by molar-refractivity contribution is -0.143. The minimum atomic E-state index is -0.497. The maximum Gasteiger partial charge on any atom is 0.338 e. The van der Waals surface area contributed by atoms with Crippen LogP contribution in [-0.4, -0.2) is 24.3 Å². The van der Waals surface area contributed by atoms with Crippen LogP contribution in [0.1, 0.15) is 32.4 Å². The van der Waals surface area contributed by atoms with Gasteiger partial charge in [0.1, 0.15) is 5.75 Å². The summed E-state index contributed by atoms with van der Waals surface area (Å²) in [4.78, 5) is 12.5. The van der Waals surface area contributed by atoms with Crippen molar-refractivity contribution >= 4 is 34.9 Å². The molecule has 0 saturated carbocycles. The Kier molecular flexibility index (Phi) is 5.49. The van der Waals surface area contributed by atoms with E-state index in [2.05, 4.69) is 10.6 Å². The van der Waals surface area contributed by atoms with E-state index in [0.717, 1.165) is 5.56 Å². The normalized spacial score (nSPS) is 17.7. The second kappa shape index (κ2) is 7.19. The standard InChI is InChI=1S/C16H19ClN2O3S/c1-8(2)22-15(20)13-9(3)18-16(23)19-14(13)11-7-10(17)5-6-12(11)21-4/h5-8,14H,1-4H3,(H2,18,19,23). The topological polar surface area (TPSA) is 59.6 Å². The minimum absolute atomic E-state index is 0.224. The molecule has 0 saturated heterocycles. The molecule has 23 heavy (non-hydrogen) atoms. The van der Waals surface area contributed by atoms with Crippen molar-refractivity contribution in [3.63, 3.8) is 0 Å². The summed E-state index contributed by atoms with van der Waals surface area (Å²) >= 11 is 11.3. The third kappa shape index (κ3) is 3.95. The highest BCUT2D eigenvalue weighted by Gasteiger charge is 2.33. The van der Waals surface area contributed by atoms with Gasteiger partial charge in [-0.15, -0.1) is 0 Å². The number of halogens is 1. The largest absolute Gasteiger partial charge is 0.496 e. The van der Waals surface area contributed by atoms with E-state index in [1.807, 2.05) is 0 Å². The van der Waals surface area contributed by atoms with Crippen molar-refractivity contribution in [3.8, 4) is 5.75 Å². The highest BCUT2D eigenvalue weighted by atomic mass is 35.5. The van der Waals surface area contributed by atoms with Crippen molar-refractivity contribution in [2.24, 2.45) is 0 Å². The molecular formula is C16H19ClN2O3S. The summed E-state index contributed by atoms with van der Waals surface area (Å²) in [5, 5.41) is 7.02. The van der Waals surface area contributed by atoms with E-state index in [-0.39, 0.29) is 6.10 Å². The number of thiocarbonyl (C=S) groups is 1. The molecule has 0 aromatic heterocycles. The molecule has 0 aliphatic carbocycles. The molecule has 124 valence electrons. The SMILES string of the molecule is COc1ccc(Cl)cc1C1NC(=S)NC(C)=C1C(=O)OC(C)C. The van der Waals surface area contributed by atoms with Crippen molar-refractivity contribution < 1.29 is 14.3 Å². The lowest BCUT2D eigenvalue weighted by Gasteiger charge is -2.31. The molecule has 0 fully saturated rings. The summed E-state index contributed by atoms with van der Waals surface area (Å²) in [6.07, 6.45) is -0.224. The van der Waals surface area contributed by atoms with E-state index in [0.29, 0.717) is 27.2 Å². The molecule has 7 heteroatoms. The summed E-state index contributed by atoms with van der Waals surface area (Å²) in [5.41, 5.74) is 1.82. The predicted molar refractivity (Wildman–Crippen MR) is 93.5 cm³/mol. The molecule has 2 rings (SSSR count). The van der Waals surface area contributed by atoms with E-state index in [1.165, 1.54) is 0 Å². The number of nitrogens with one attached hydrogen (secondary N) is 2. The Balaban J connectivity index is 2.53. The van der Waals surface area contributed by atoms with Gasteiger partial charge in [-0.05, 0) is 51.2 Å². The molecule has 1 aliphatic heterocycles. The molecule has 1 aromatic rings. The van der Waals surface area contributed by atoms with Crippen LogP contribution in [0.2, 0.25) is 5.02 Å². The first-order valence-corrected chi connectivity index (χ1v) is 7.94. The molecule has 0 radical (unpaired) electrons. The van der Waals surface area contributed by atoms with Gasteiger partial charge in [0.25, 0.3) is 0 Å². The molecular weight excluding hydrogens is 336 g/mol. The van der Waals surface area contributed by atoms with Crippen molar-refractivity contribution in [2.75, 3.05) is 7.11 Å². The van der Waals surface area contributed by atoms with E-state index < -0.39 is 12.0 Å². The second-order valence-corrected chi connectivity index (χ2v) is 6.26. The second-order valence-electron chi connectivity index (χ2n) is 5.41. The van der Waals surface area contributed by atoms with E-state index in [4.69, 9.17) is 33.3 Å². The first-order chi connectivity index (χ1) is 10.8. The molecule has 1 aromatic carbocycles. The molecule has 5 nitrogen and oxygen atoms in total. The van der Waals surface area contributed by atoms with Crippen LogP contribution in [0.3, 0.4) is 0 Å². The number of carbonyl (C=O) groups is 1. The van der Waals surface area contributed by atoms with Gasteiger partial charge >= 0.3 is 5.97 Å². The molecule has 0 bridgehead atoms. The lowest BCUT2D eigenvalue weighted by Crippen LogP contribution is -2.45. The van der Waals surface area contributed by atoms with Crippen LogP contribution in [0.4, 0.5) is 0 Å². The third-order valence-electron chi connectivity index (χ3n) is 3.33. The number of esters is 1. The molecule has 2 N–H and O–H groups in total. The lowest BCUT2D eigenvalue weighted by atomic mass is 9.95. The Morgan fingerprint density at radius 1 is 1.39 bits per heavy atom. The fourth-order valence-electron chi connectivity index (χ4n) is 2.41. The van der Waals surface area contributed by atoms with Crippen LogP contribution in [0.15, 0.2) is 29.5 Å². The van der Waals surface area contributed by atoms with E-state index in [1.54, 1.807) is 46.1 Å². The predicted octanol–water partition coefficient (Wildman–Crippen LogP) is 3.09. The van der Waals surface area contributed by atoms with Crippen LogP contribution in [0.25, 0.3) is 0 Å². The molecule has 1 unspecified atom stereocenters. The molecule has 1 aliphatic rings. The molecule has 1 atom stereocenters. The van der Waals surface area contributed by atoms with Crippen LogP contribution < -0.4 is 15.4 Å². The Morgan fingerprint density at radius 3 is 2.70 bits per heavy atom. The Hall–Kier alpha value is -1.79. The number of benzene rings is 1. The van der Waals surface area contributed by atoms with Crippen LogP contribution in [0, 0.1) is 0 Å². The zero-order valence-electron chi connectivity index (χ0n) is 13.4. The fourth-order valence-corrected chi connectivity index (χ4v) is 2.86. The number of ether oxygens (including phenoxy) is 2. The van der Waals surface area contributed by atoms with E-state index in [9.17, 15) is 4.79 Å². The van der Waals surface area contributed by atoms with Gasteiger partial charge in [-0.1, -0.05) is 11.6 Å². The van der Waals surface area contributed by atoms with Crippen LogP contribution in [-0.2, 0) is 9.53 Å². The van der Waals surface area contributed by atoms with Crippen molar-refractivity contribution in [3.05, 3.63) is 40.1 Å². The van der Waals surface area contributed by atoms with Crippen molar-refractivity contribution in [1.29, 1.82) is 0 Å². The highest BCUT2D eigenvalue weighted by Crippen LogP contribution is 2.35. The van der Waals surface area contributed by atoms with Gasteiger partial charge in [0.2, 0.25) is 0 Å². The molecule has 1 heterocycles. The fraction of sp³-hybridized carbons (Fsp3) is 0.375. The van der Waals surface area contributed by atoms with Gasteiger partial charge in [-0.3, -0.25) is 0 Å². The summed E-state index contributed by atoms with van der Waals surface area (Å²) in [5.74, 6) is 0.200.